The quantitative estimate of drug-likeness (QED) is 0.561. The molecule has 0 saturated heterocycles. The van der Waals surface area contributed by atoms with Gasteiger partial charge in [0.2, 0.25) is 0 Å². The van der Waals surface area contributed by atoms with Crippen LogP contribution in [0.4, 0.5) is 0 Å². The van der Waals surface area contributed by atoms with Crippen molar-refractivity contribution < 1.29 is 0 Å². The maximum absolute atomic E-state index is 5.26. The SMILES string of the molecule is CCN(CC)CCCNC(=S)NCc1cc(C)n(C)n1. The summed E-state index contributed by atoms with van der Waals surface area (Å²) in [6.45, 7) is 11.3. The third kappa shape index (κ3) is 5.88. The highest BCUT2D eigenvalue weighted by molar-refractivity contribution is 7.80. The highest BCUT2D eigenvalue weighted by Gasteiger charge is 2.02. The van der Waals surface area contributed by atoms with Crippen molar-refractivity contribution >= 4 is 17.3 Å². The fourth-order valence-corrected chi connectivity index (χ4v) is 2.17. The van der Waals surface area contributed by atoms with E-state index in [1.54, 1.807) is 0 Å². The van der Waals surface area contributed by atoms with Gasteiger partial charge in [-0.3, -0.25) is 4.68 Å². The molecule has 0 aliphatic heterocycles. The summed E-state index contributed by atoms with van der Waals surface area (Å²) in [6, 6.07) is 2.07. The lowest BCUT2D eigenvalue weighted by Gasteiger charge is -2.18. The van der Waals surface area contributed by atoms with Crippen molar-refractivity contribution in [3.8, 4) is 0 Å². The summed E-state index contributed by atoms with van der Waals surface area (Å²) < 4.78 is 1.87. The number of aryl methyl sites for hydroxylation is 2. The molecule has 5 nitrogen and oxygen atoms in total. The third-order valence-electron chi connectivity index (χ3n) is 3.43. The molecule has 2 N–H and O–H groups in total. The van der Waals surface area contributed by atoms with Crippen LogP contribution < -0.4 is 10.6 Å². The molecule has 1 aromatic heterocycles. The van der Waals surface area contributed by atoms with Crippen molar-refractivity contribution in [1.29, 1.82) is 0 Å². The normalized spacial score (nSPS) is 10.8. The molecule has 0 saturated carbocycles. The Labute approximate surface area is 127 Å². The molecule has 20 heavy (non-hydrogen) atoms. The van der Waals surface area contributed by atoms with E-state index in [2.05, 4.69) is 40.5 Å². The second-order valence-corrected chi connectivity index (χ2v) is 5.30. The van der Waals surface area contributed by atoms with Crippen LogP contribution in [0.15, 0.2) is 6.07 Å². The first kappa shape index (κ1) is 16.9. The molecule has 0 unspecified atom stereocenters. The van der Waals surface area contributed by atoms with Crippen molar-refractivity contribution in [3.63, 3.8) is 0 Å². The van der Waals surface area contributed by atoms with E-state index >= 15 is 0 Å². The molecule has 0 fully saturated rings. The maximum atomic E-state index is 5.26. The van der Waals surface area contributed by atoms with Gasteiger partial charge in [-0.1, -0.05) is 13.8 Å². The van der Waals surface area contributed by atoms with E-state index < -0.39 is 0 Å². The average Bonchev–Trinajstić information content (AvgIpc) is 2.76. The van der Waals surface area contributed by atoms with Crippen LogP contribution in [0.3, 0.4) is 0 Å². The van der Waals surface area contributed by atoms with E-state index in [-0.39, 0.29) is 0 Å². The topological polar surface area (TPSA) is 45.1 Å². The molecule has 6 heteroatoms. The fourth-order valence-electron chi connectivity index (χ4n) is 2.00. The van der Waals surface area contributed by atoms with Crippen molar-refractivity contribution in [2.75, 3.05) is 26.2 Å². The lowest BCUT2D eigenvalue weighted by Crippen LogP contribution is -2.36. The van der Waals surface area contributed by atoms with Crippen LogP contribution in [0.5, 0.6) is 0 Å². The molecule has 1 rings (SSSR count). The van der Waals surface area contributed by atoms with Gasteiger partial charge >= 0.3 is 0 Å². The molecule has 114 valence electrons. The van der Waals surface area contributed by atoms with Crippen LogP contribution in [-0.2, 0) is 13.6 Å². The van der Waals surface area contributed by atoms with Crippen LogP contribution in [-0.4, -0.2) is 46.0 Å². The largest absolute Gasteiger partial charge is 0.363 e. The molecule has 0 aliphatic carbocycles. The second-order valence-electron chi connectivity index (χ2n) is 4.89. The fraction of sp³-hybridized carbons (Fsp3) is 0.714. The van der Waals surface area contributed by atoms with E-state index in [9.17, 15) is 0 Å². The predicted octanol–water partition coefficient (Wildman–Crippen LogP) is 1.42. The van der Waals surface area contributed by atoms with Crippen molar-refractivity contribution in [2.45, 2.75) is 33.7 Å². The zero-order chi connectivity index (χ0) is 15.0. The van der Waals surface area contributed by atoms with Gasteiger partial charge in [-0.25, -0.2) is 0 Å². The van der Waals surface area contributed by atoms with Crippen LogP contribution in [0.1, 0.15) is 31.7 Å². The summed E-state index contributed by atoms with van der Waals surface area (Å²) in [6.07, 6.45) is 1.10. The Morgan fingerprint density at radius 3 is 2.60 bits per heavy atom. The van der Waals surface area contributed by atoms with Gasteiger partial charge in [-0.15, -0.1) is 0 Å². The zero-order valence-electron chi connectivity index (χ0n) is 13.1. The minimum absolute atomic E-state index is 0.670. The van der Waals surface area contributed by atoms with Gasteiger partial charge in [0.1, 0.15) is 0 Å². The Hall–Kier alpha value is -1.14. The van der Waals surface area contributed by atoms with Gasteiger partial charge in [0.25, 0.3) is 0 Å². The summed E-state index contributed by atoms with van der Waals surface area (Å²) in [5, 5.41) is 11.5. The number of nitrogens with one attached hydrogen (secondary N) is 2. The first-order chi connectivity index (χ1) is 9.56. The van der Waals surface area contributed by atoms with Gasteiger partial charge < -0.3 is 15.5 Å². The number of aromatic nitrogens is 2. The first-order valence-electron chi connectivity index (χ1n) is 7.30. The Morgan fingerprint density at radius 2 is 2.05 bits per heavy atom. The van der Waals surface area contributed by atoms with E-state index in [0.29, 0.717) is 11.7 Å². The average molecular weight is 297 g/mol. The van der Waals surface area contributed by atoms with E-state index in [0.717, 1.165) is 44.0 Å². The Morgan fingerprint density at radius 1 is 1.35 bits per heavy atom. The first-order valence-corrected chi connectivity index (χ1v) is 7.71. The van der Waals surface area contributed by atoms with Crippen molar-refractivity contribution in [3.05, 3.63) is 17.5 Å². The maximum Gasteiger partial charge on any atom is 0.166 e. The van der Waals surface area contributed by atoms with Crippen LogP contribution >= 0.6 is 12.2 Å². The van der Waals surface area contributed by atoms with E-state index in [1.165, 1.54) is 0 Å². The second kappa shape index (κ2) is 8.92. The number of rotatable bonds is 8. The molecule has 0 spiro atoms. The zero-order valence-corrected chi connectivity index (χ0v) is 13.9. The minimum atomic E-state index is 0.670. The summed E-state index contributed by atoms with van der Waals surface area (Å²) in [5.41, 5.74) is 2.16. The van der Waals surface area contributed by atoms with Gasteiger partial charge in [-0.2, -0.15) is 5.10 Å². The highest BCUT2D eigenvalue weighted by Crippen LogP contribution is 2.00. The predicted molar refractivity (Wildman–Crippen MR) is 87.8 cm³/mol. The molecular formula is C14H27N5S. The molecular weight excluding hydrogens is 270 g/mol. The van der Waals surface area contributed by atoms with E-state index in [4.69, 9.17) is 12.2 Å². The molecule has 0 aromatic carbocycles. The number of thiocarbonyl (C=S) groups is 1. The number of hydrogen-bond donors (Lipinski definition) is 2. The highest BCUT2D eigenvalue weighted by atomic mass is 32.1. The van der Waals surface area contributed by atoms with Gasteiger partial charge in [-0.05, 0) is 51.3 Å². The third-order valence-corrected chi connectivity index (χ3v) is 3.71. The summed E-state index contributed by atoms with van der Waals surface area (Å²) in [4.78, 5) is 2.41. The van der Waals surface area contributed by atoms with Gasteiger partial charge in [0.05, 0.1) is 12.2 Å². The van der Waals surface area contributed by atoms with Gasteiger partial charge in [0.15, 0.2) is 5.11 Å². The molecule has 0 bridgehead atoms. The van der Waals surface area contributed by atoms with Gasteiger partial charge in [0, 0.05) is 19.3 Å². The minimum Gasteiger partial charge on any atom is -0.363 e. The summed E-state index contributed by atoms with van der Waals surface area (Å²) in [7, 11) is 1.95. The lowest BCUT2D eigenvalue weighted by molar-refractivity contribution is 0.300. The number of hydrogen-bond acceptors (Lipinski definition) is 3. The smallest absolute Gasteiger partial charge is 0.166 e. The molecule has 0 amide bonds. The molecule has 1 aromatic rings. The standard InChI is InChI=1S/C14H27N5S/c1-5-19(6-2)9-7-8-15-14(20)16-11-13-10-12(3)18(4)17-13/h10H,5-9,11H2,1-4H3,(H2,15,16,20). The van der Waals surface area contributed by atoms with Crippen LogP contribution in [0.2, 0.25) is 0 Å². The van der Waals surface area contributed by atoms with E-state index in [1.807, 2.05) is 18.7 Å². The monoisotopic (exact) mass is 297 g/mol. The molecule has 1 heterocycles. The van der Waals surface area contributed by atoms with Crippen molar-refractivity contribution in [1.82, 2.24) is 25.3 Å². The number of nitrogens with zero attached hydrogens (tertiary/aromatic N) is 3. The molecule has 0 radical (unpaired) electrons. The summed E-state index contributed by atoms with van der Waals surface area (Å²) in [5.74, 6) is 0. The summed E-state index contributed by atoms with van der Waals surface area (Å²) >= 11 is 5.26. The Balaban J connectivity index is 2.14. The Kier molecular flexibility index (Phi) is 7.54. The molecule has 0 aliphatic rings. The lowest BCUT2D eigenvalue weighted by atomic mass is 10.3. The van der Waals surface area contributed by atoms with Crippen LogP contribution in [0.25, 0.3) is 0 Å². The van der Waals surface area contributed by atoms with Crippen molar-refractivity contribution in [2.24, 2.45) is 7.05 Å². The van der Waals surface area contributed by atoms with Crippen LogP contribution in [0, 0.1) is 6.92 Å². The Bertz CT molecular complexity index is 392. The molecule has 0 atom stereocenters.